The molecule has 0 saturated carbocycles. The van der Waals surface area contributed by atoms with Crippen molar-refractivity contribution in [3.05, 3.63) is 53.9 Å². The number of rotatable bonds is 4. The van der Waals surface area contributed by atoms with Gasteiger partial charge in [0.2, 0.25) is 0 Å². The second-order valence-corrected chi connectivity index (χ2v) is 6.94. The number of carbonyl (C=O) groups excluding carboxylic acids is 1. The highest BCUT2D eigenvalue weighted by Crippen LogP contribution is 2.25. The normalized spacial score (nSPS) is 14.5. The van der Waals surface area contributed by atoms with E-state index >= 15 is 0 Å². The van der Waals surface area contributed by atoms with Crippen molar-refractivity contribution in [2.75, 3.05) is 13.1 Å². The van der Waals surface area contributed by atoms with Crippen LogP contribution in [0.5, 0.6) is 0 Å². The lowest BCUT2D eigenvalue weighted by atomic mass is 9.99. The lowest BCUT2D eigenvalue weighted by molar-refractivity contribution is 0.0457. The molecule has 7 heteroatoms. The summed E-state index contributed by atoms with van der Waals surface area (Å²) >= 11 is 0. The van der Waals surface area contributed by atoms with Crippen molar-refractivity contribution in [1.82, 2.24) is 29.2 Å². The van der Waals surface area contributed by atoms with Crippen molar-refractivity contribution in [1.29, 1.82) is 0 Å². The predicted octanol–water partition coefficient (Wildman–Crippen LogP) is 2.07. The zero-order valence-electron chi connectivity index (χ0n) is 15.3. The number of aromatic nitrogens is 5. The Morgan fingerprint density at radius 1 is 1.23 bits per heavy atom. The van der Waals surface area contributed by atoms with Gasteiger partial charge in [0, 0.05) is 62.4 Å². The number of aryl methyl sites for hydroxylation is 3. The molecule has 3 aromatic heterocycles. The zero-order valence-corrected chi connectivity index (χ0v) is 15.3. The van der Waals surface area contributed by atoms with Crippen LogP contribution in [0.3, 0.4) is 0 Å². The summed E-state index contributed by atoms with van der Waals surface area (Å²) in [5.74, 6) is 1.44. The van der Waals surface area contributed by atoms with Crippen LogP contribution in [0.4, 0.5) is 0 Å². The third-order valence-electron chi connectivity index (χ3n) is 4.90. The topological polar surface area (TPSA) is 68.8 Å². The summed E-state index contributed by atoms with van der Waals surface area (Å²) in [6, 6.07) is 5.79. The smallest absolute Gasteiger partial charge is 0.272 e. The molecule has 1 aliphatic heterocycles. The second kappa shape index (κ2) is 6.40. The quantitative estimate of drug-likeness (QED) is 0.722. The van der Waals surface area contributed by atoms with Crippen molar-refractivity contribution in [3.8, 4) is 11.4 Å². The largest absolute Gasteiger partial charge is 0.336 e. The van der Waals surface area contributed by atoms with Gasteiger partial charge in [-0.3, -0.25) is 14.5 Å². The molecule has 0 bridgehead atoms. The molecule has 26 heavy (non-hydrogen) atoms. The first-order valence-electron chi connectivity index (χ1n) is 8.75. The molecule has 3 aromatic rings. The van der Waals surface area contributed by atoms with Gasteiger partial charge in [0.1, 0.15) is 11.5 Å². The Kier molecular flexibility index (Phi) is 4.06. The van der Waals surface area contributed by atoms with Crippen LogP contribution in [0.15, 0.2) is 36.8 Å². The van der Waals surface area contributed by atoms with Crippen molar-refractivity contribution in [2.24, 2.45) is 13.0 Å². The van der Waals surface area contributed by atoms with Crippen LogP contribution in [0.25, 0.3) is 11.4 Å². The monoisotopic (exact) mass is 350 g/mol. The number of imidazole rings is 1. The minimum absolute atomic E-state index is 0.0565. The molecule has 0 aromatic carbocycles. The molecule has 7 nitrogen and oxygen atoms in total. The maximum absolute atomic E-state index is 12.6. The Balaban J connectivity index is 1.44. The van der Waals surface area contributed by atoms with Gasteiger partial charge in [0.05, 0.1) is 5.69 Å². The summed E-state index contributed by atoms with van der Waals surface area (Å²) in [6.07, 6.45) is 5.46. The van der Waals surface area contributed by atoms with Gasteiger partial charge in [-0.25, -0.2) is 4.98 Å². The molecule has 1 fully saturated rings. The van der Waals surface area contributed by atoms with Crippen molar-refractivity contribution in [2.45, 2.75) is 20.4 Å². The van der Waals surface area contributed by atoms with Crippen LogP contribution in [-0.2, 0) is 13.6 Å². The van der Waals surface area contributed by atoms with Crippen molar-refractivity contribution >= 4 is 5.91 Å². The molecule has 0 spiro atoms. The Hall–Kier alpha value is -2.96. The maximum atomic E-state index is 12.6. The van der Waals surface area contributed by atoms with Gasteiger partial charge in [0.15, 0.2) is 0 Å². The molecule has 134 valence electrons. The molecular formula is C19H22N6O. The third-order valence-corrected chi connectivity index (χ3v) is 4.90. The SMILES string of the molecule is Cc1cc(C(=O)N2CC(Cn3c(C)cnc3-c3ccncc3)C2)n(C)n1. The molecule has 4 rings (SSSR count). The van der Waals surface area contributed by atoms with Crippen LogP contribution < -0.4 is 0 Å². The number of hydrogen-bond donors (Lipinski definition) is 0. The summed E-state index contributed by atoms with van der Waals surface area (Å²) in [5, 5.41) is 4.26. The van der Waals surface area contributed by atoms with E-state index in [0.29, 0.717) is 11.6 Å². The number of carbonyl (C=O) groups is 1. The van der Waals surface area contributed by atoms with E-state index in [1.165, 1.54) is 0 Å². The Bertz CT molecular complexity index is 936. The summed E-state index contributed by atoms with van der Waals surface area (Å²) < 4.78 is 3.89. The summed E-state index contributed by atoms with van der Waals surface area (Å²) in [5.41, 5.74) is 3.70. The fourth-order valence-electron chi connectivity index (χ4n) is 3.50. The van der Waals surface area contributed by atoms with Gasteiger partial charge in [0.25, 0.3) is 5.91 Å². The minimum Gasteiger partial charge on any atom is -0.336 e. The average molecular weight is 350 g/mol. The molecule has 0 N–H and O–H groups in total. The fourth-order valence-corrected chi connectivity index (χ4v) is 3.50. The predicted molar refractivity (Wildman–Crippen MR) is 97.5 cm³/mol. The standard InChI is InChI=1S/C19H22N6O/c1-13-8-17(23(3)22-13)19(26)24-10-15(11-24)12-25-14(2)9-21-18(25)16-4-6-20-7-5-16/h4-9,15H,10-12H2,1-3H3. The highest BCUT2D eigenvalue weighted by Gasteiger charge is 2.33. The summed E-state index contributed by atoms with van der Waals surface area (Å²) in [4.78, 5) is 23.1. The molecular weight excluding hydrogens is 328 g/mol. The van der Waals surface area contributed by atoms with Crippen LogP contribution in [0, 0.1) is 19.8 Å². The van der Waals surface area contributed by atoms with E-state index in [-0.39, 0.29) is 5.91 Å². The molecule has 1 aliphatic rings. The Morgan fingerprint density at radius 2 is 1.96 bits per heavy atom. The second-order valence-electron chi connectivity index (χ2n) is 6.94. The molecule has 1 saturated heterocycles. The first-order chi connectivity index (χ1) is 12.5. The molecule has 4 heterocycles. The van der Waals surface area contributed by atoms with Crippen molar-refractivity contribution in [3.63, 3.8) is 0 Å². The van der Waals surface area contributed by atoms with Crippen LogP contribution in [-0.4, -0.2) is 48.2 Å². The van der Waals surface area contributed by atoms with E-state index < -0.39 is 0 Å². The molecule has 0 unspecified atom stereocenters. The van der Waals surface area contributed by atoms with E-state index in [4.69, 9.17) is 0 Å². The van der Waals surface area contributed by atoms with Gasteiger partial charge in [-0.1, -0.05) is 0 Å². The Labute approximate surface area is 152 Å². The van der Waals surface area contributed by atoms with Crippen molar-refractivity contribution < 1.29 is 4.79 Å². The number of amides is 1. The fraction of sp³-hybridized carbons (Fsp3) is 0.368. The van der Waals surface area contributed by atoms with Crippen LogP contribution in [0.2, 0.25) is 0 Å². The van der Waals surface area contributed by atoms with Gasteiger partial charge in [-0.2, -0.15) is 5.10 Å². The number of nitrogens with zero attached hydrogens (tertiary/aromatic N) is 6. The van der Waals surface area contributed by atoms with Crippen LogP contribution in [0.1, 0.15) is 21.9 Å². The average Bonchev–Trinajstić information content (AvgIpc) is 3.12. The van der Waals surface area contributed by atoms with E-state index in [1.807, 2.05) is 43.3 Å². The van der Waals surface area contributed by atoms with Crippen LogP contribution >= 0.6 is 0 Å². The van der Waals surface area contributed by atoms with Gasteiger partial charge < -0.3 is 9.47 Å². The van der Waals surface area contributed by atoms with E-state index in [9.17, 15) is 4.79 Å². The summed E-state index contributed by atoms with van der Waals surface area (Å²) in [7, 11) is 1.81. The summed E-state index contributed by atoms with van der Waals surface area (Å²) in [6.45, 7) is 6.35. The molecule has 1 amide bonds. The highest BCUT2D eigenvalue weighted by molar-refractivity contribution is 5.93. The van der Waals surface area contributed by atoms with E-state index in [0.717, 1.165) is 42.4 Å². The van der Waals surface area contributed by atoms with E-state index in [1.54, 1.807) is 17.1 Å². The third kappa shape index (κ3) is 2.89. The van der Waals surface area contributed by atoms with Gasteiger partial charge in [-0.05, 0) is 32.0 Å². The minimum atomic E-state index is 0.0565. The lowest BCUT2D eigenvalue weighted by Crippen LogP contribution is -2.51. The number of likely N-dealkylation sites (tertiary alicyclic amines) is 1. The lowest BCUT2D eigenvalue weighted by Gasteiger charge is -2.39. The first-order valence-corrected chi connectivity index (χ1v) is 8.75. The maximum Gasteiger partial charge on any atom is 0.272 e. The molecule has 0 aliphatic carbocycles. The Morgan fingerprint density at radius 3 is 2.62 bits per heavy atom. The van der Waals surface area contributed by atoms with Gasteiger partial charge in [-0.15, -0.1) is 0 Å². The number of pyridine rings is 1. The highest BCUT2D eigenvalue weighted by atomic mass is 16.2. The molecule has 0 atom stereocenters. The van der Waals surface area contributed by atoms with Gasteiger partial charge >= 0.3 is 0 Å². The molecule has 0 radical (unpaired) electrons. The number of hydrogen-bond acceptors (Lipinski definition) is 4. The first kappa shape index (κ1) is 16.5. The van der Waals surface area contributed by atoms with E-state index in [2.05, 4.69) is 26.6 Å². The zero-order chi connectivity index (χ0) is 18.3.